The zero-order chi connectivity index (χ0) is 13.9. The molecule has 2 aliphatic heterocycles. The number of hydrogen-bond donors (Lipinski definition) is 1. The third-order valence-electron chi connectivity index (χ3n) is 3.96. The van der Waals surface area contributed by atoms with Crippen LogP contribution in [0.15, 0.2) is 23.1 Å². The van der Waals surface area contributed by atoms with E-state index < -0.39 is 0 Å². The summed E-state index contributed by atoms with van der Waals surface area (Å²) in [6.45, 7) is 3.60. The minimum absolute atomic E-state index is 0.0901. The van der Waals surface area contributed by atoms with E-state index in [0.29, 0.717) is 0 Å². The Hall–Kier alpha value is -0.620. The summed E-state index contributed by atoms with van der Waals surface area (Å²) >= 11 is 1.63. The number of halogens is 1. The van der Waals surface area contributed by atoms with E-state index >= 15 is 0 Å². The summed E-state index contributed by atoms with van der Waals surface area (Å²) in [7, 11) is 2.12. The molecule has 0 aromatic heterocycles. The monoisotopic (exact) mass is 296 g/mol. The Morgan fingerprint density at radius 3 is 3.25 bits per heavy atom. The lowest BCUT2D eigenvalue weighted by molar-refractivity contribution is -0.0194. The summed E-state index contributed by atoms with van der Waals surface area (Å²) in [4.78, 5) is 3.11. The van der Waals surface area contributed by atoms with Crippen LogP contribution >= 0.6 is 11.8 Å². The van der Waals surface area contributed by atoms with E-state index in [9.17, 15) is 4.39 Å². The van der Waals surface area contributed by atoms with Gasteiger partial charge >= 0.3 is 0 Å². The molecular weight excluding hydrogens is 275 g/mol. The second kappa shape index (κ2) is 6.43. The molecule has 20 heavy (non-hydrogen) atoms. The Morgan fingerprint density at radius 1 is 1.50 bits per heavy atom. The maximum absolute atomic E-state index is 13.8. The Bertz CT molecular complexity index is 471. The van der Waals surface area contributed by atoms with Gasteiger partial charge in [-0.3, -0.25) is 0 Å². The molecule has 5 heteroatoms. The molecule has 3 nitrogen and oxygen atoms in total. The summed E-state index contributed by atoms with van der Waals surface area (Å²) < 4.78 is 19.6. The maximum Gasteiger partial charge on any atom is 0.137 e. The van der Waals surface area contributed by atoms with Crippen molar-refractivity contribution in [3.63, 3.8) is 0 Å². The van der Waals surface area contributed by atoms with Gasteiger partial charge in [0.15, 0.2) is 0 Å². The van der Waals surface area contributed by atoms with Crippen LogP contribution in [0.5, 0.6) is 0 Å². The van der Waals surface area contributed by atoms with Crippen molar-refractivity contribution < 1.29 is 9.13 Å². The number of nitrogens with zero attached hydrogens (tertiary/aromatic N) is 1. The lowest BCUT2D eigenvalue weighted by atomic mass is 10.0. The summed E-state index contributed by atoms with van der Waals surface area (Å²) in [5.74, 6) is 0.879. The molecule has 2 aliphatic rings. The van der Waals surface area contributed by atoms with Gasteiger partial charge in [0, 0.05) is 30.6 Å². The van der Waals surface area contributed by atoms with E-state index in [1.807, 2.05) is 6.07 Å². The van der Waals surface area contributed by atoms with E-state index in [2.05, 4.69) is 17.3 Å². The van der Waals surface area contributed by atoms with Gasteiger partial charge in [-0.05, 0) is 30.9 Å². The number of rotatable bonds is 3. The normalized spacial score (nSPS) is 27.3. The van der Waals surface area contributed by atoms with Gasteiger partial charge in [0.25, 0.3) is 0 Å². The van der Waals surface area contributed by atoms with Crippen LogP contribution < -0.4 is 5.32 Å². The summed E-state index contributed by atoms with van der Waals surface area (Å²) in [6, 6.07) is 5.64. The minimum Gasteiger partial charge on any atom is -0.374 e. The van der Waals surface area contributed by atoms with E-state index in [1.165, 1.54) is 0 Å². The summed E-state index contributed by atoms with van der Waals surface area (Å²) in [5, 5.41) is 3.56. The number of benzene rings is 1. The van der Waals surface area contributed by atoms with Crippen molar-refractivity contribution in [2.24, 2.45) is 0 Å². The first-order valence-electron chi connectivity index (χ1n) is 7.19. The highest BCUT2D eigenvalue weighted by atomic mass is 32.2. The molecule has 1 aromatic rings. The Kier molecular flexibility index (Phi) is 4.61. The molecule has 1 fully saturated rings. The lowest BCUT2D eigenvalue weighted by Gasteiger charge is -2.32. The first kappa shape index (κ1) is 14.3. The SMILES string of the molecule is CN1CCOC(CNC2CCSc3c(F)cccc32)C1. The van der Waals surface area contributed by atoms with Crippen LogP contribution in [0, 0.1) is 5.82 Å². The van der Waals surface area contributed by atoms with Crippen molar-refractivity contribution in [3.8, 4) is 0 Å². The zero-order valence-corrected chi connectivity index (χ0v) is 12.6. The number of likely N-dealkylation sites (N-methyl/N-ethyl adjacent to an activating group) is 1. The first-order valence-corrected chi connectivity index (χ1v) is 8.17. The molecule has 1 saturated heterocycles. The zero-order valence-electron chi connectivity index (χ0n) is 11.8. The predicted octanol–water partition coefficient (Wildman–Crippen LogP) is 2.28. The van der Waals surface area contributed by atoms with Gasteiger partial charge in [-0.25, -0.2) is 4.39 Å². The van der Waals surface area contributed by atoms with Gasteiger partial charge in [-0.15, -0.1) is 11.8 Å². The molecule has 0 spiro atoms. The Labute approximate surface area is 123 Å². The minimum atomic E-state index is -0.0901. The third kappa shape index (κ3) is 3.17. The molecule has 1 N–H and O–H groups in total. The number of nitrogens with one attached hydrogen (secondary N) is 1. The Balaban J connectivity index is 1.63. The fourth-order valence-electron chi connectivity index (χ4n) is 2.86. The first-order chi connectivity index (χ1) is 9.74. The average molecular weight is 296 g/mol. The molecule has 2 atom stereocenters. The van der Waals surface area contributed by atoms with Crippen LogP contribution in [0.4, 0.5) is 4.39 Å². The van der Waals surface area contributed by atoms with E-state index in [4.69, 9.17) is 4.74 Å². The summed E-state index contributed by atoms with van der Waals surface area (Å²) in [5.41, 5.74) is 1.10. The van der Waals surface area contributed by atoms with Gasteiger partial charge in [-0.2, -0.15) is 0 Å². The van der Waals surface area contributed by atoms with Gasteiger partial charge in [-0.1, -0.05) is 12.1 Å². The molecule has 0 radical (unpaired) electrons. The van der Waals surface area contributed by atoms with Crippen LogP contribution in [0.1, 0.15) is 18.0 Å². The summed E-state index contributed by atoms with van der Waals surface area (Å²) in [6.07, 6.45) is 1.28. The van der Waals surface area contributed by atoms with E-state index in [1.54, 1.807) is 23.9 Å². The lowest BCUT2D eigenvalue weighted by Crippen LogP contribution is -2.45. The quantitative estimate of drug-likeness (QED) is 0.925. The van der Waals surface area contributed by atoms with Crippen LogP contribution in [-0.2, 0) is 4.74 Å². The topological polar surface area (TPSA) is 24.5 Å². The van der Waals surface area contributed by atoms with Crippen LogP contribution in [0.25, 0.3) is 0 Å². The van der Waals surface area contributed by atoms with Crippen LogP contribution in [0.3, 0.4) is 0 Å². The molecule has 3 rings (SSSR count). The predicted molar refractivity (Wildman–Crippen MR) is 79.7 cm³/mol. The number of thioether (sulfide) groups is 1. The molecule has 0 saturated carbocycles. The third-order valence-corrected chi connectivity index (χ3v) is 5.12. The average Bonchev–Trinajstić information content (AvgIpc) is 2.46. The van der Waals surface area contributed by atoms with Gasteiger partial charge < -0.3 is 15.0 Å². The van der Waals surface area contributed by atoms with Crippen molar-refractivity contribution >= 4 is 11.8 Å². The van der Waals surface area contributed by atoms with Crippen LogP contribution in [-0.4, -0.2) is 50.0 Å². The second-order valence-corrected chi connectivity index (χ2v) is 6.62. The van der Waals surface area contributed by atoms with Gasteiger partial charge in [0.05, 0.1) is 12.7 Å². The highest BCUT2D eigenvalue weighted by Gasteiger charge is 2.24. The van der Waals surface area contributed by atoms with Gasteiger partial charge in [0.2, 0.25) is 0 Å². The van der Waals surface area contributed by atoms with Crippen molar-refractivity contribution in [1.29, 1.82) is 0 Å². The molecular formula is C15H21FN2OS. The van der Waals surface area contributed by atoms with Crippen LogP contribution in [0.2, 0.25) is 0 Å². The number of fused-ring (bicyclic) bond motifs is 1. The number of morpholine rings is 1. The number of ether oxygens (including phenoxy) is 1. The van der Waals surface area contributed by atoms with E-state index in [-0.39, 0.29) is 18.0 Å². The standard InChI is InChI=1S/C15H21FN2OS/c1-18-6-7-19-11(10-18)9-17-14-5-8-20-15-12(14)3-2-4-13(15)16/h2-4,11,14,17H,5-10H2,1H3. The van der Waals surface area contributed by atoms with Gasteiger partial charge in [0.1, 0.15) is 5.82 Å². The molecule has 110 valence electrons. The molecule has 2 heterocycles. The van der Waals surface area contributed by atoms with Crippen molar-refractivity contribution in [2.75, 3.05) is 39.0 Å². The van der Waals surface area contributed by atoms with Crippen molar-refractivity contribution in [2.45, 2.75) is 23.5 Å². The molecule has 2 unspecified atom stereocenters. The Morgan fingerprint density at radius 2 is 2.40 bits per heavy atom. The molecule has 0 aliphatic carbocycles. The fraction of sp³-hybridized carbons (Fsp3) is 0.600. The van der Waals surface area contributed by atoms with E-state index in [0.717, 1.165) is 48.9 Å². The fourth-order valence-corrected chi connectivity index (χ4v) is 4.00. The van der Waals surface area contributed by atoms with Crippen molar-refractivity contribution in [3.05, 3.63) is 29.6 Å². The second-order valence-electron chi connectivity index (χ2n) is 5.51. The molecule has 0 amide bonds. The highest BCUT2D eigenvalue weighted by Crippen LogP contribution is 2.37. The maximum atomic E-state index is 13.8. The molecule has 0 bridgehead atoms. The molecule has 1 aromatic carbocycles. The van der Waals surface area contributed by atoms with Crippen molar-refractivity contribution in [1.82, 2.24) is 10.2 Å². The highest BCUT2D eigenvalue weighted by molar-refractivity contribution is 7.99. The largest absolute Gasteiger partial charge is 0.374 e. The smallest absolute Gasteiger partial charge is 0.137 e. The number of hydrogen-bond acceptors (Lipinski definition) is 4.